The number of aromatic nitrogens is 2. The van der Waals surface area contributed by atoms with Crippen molar-refractivity contribution in [2.75, 3.05) is 6.54 Å². The van der Waals surface area contributed by atoms with Gasteiger partial charge in [-0.2, -0.15) is 5.10 Å². The fraction of sp³-hybridized carbons (Fsp3) is 0.400. The van der Waals surface area contributed by atoms with E-state index in [-0.39, 0.29) is 11.9 Å². The van der Waals surface area contributed by atoms with E-state index in [2.05, 4.69) is 33.3 Å². The molecule has 1 atom stereocenters. The molecule has 3 nitrogen and oxygen atoms in total. The predicted octanol–water partition coefficient (Wildman–Crippen LogP) is 3.89. The SMILES string of the molecule is CCCn1cc(C(NCC)c2cccc(F)c2Br)cn1. The minimum atomic E-state index is -0.244. The zero-order valence-corrected chi connectivity index (χ0v) is 13.3. The highest BCUT2D eigenvalue weighted by Gasteiger charge is 2.19. The van der Waals surface area contributed by atoms with Gasteiger partial charge in [0.2, 0.25) is 0 Å². The molecule has 0 amide bonds. The van der Waals surface area contributed by atoms with E-state index in [4.69, 9.17) is 0 Å². The van der Waals surface area contributed by atoms with E-state index >= 15 is 0 Å². The number of rotatable bonds is 6. The molecule has 0 aliphatic carbocycles. The summed E-state index contributed by atoms with van der Waals surface area (Å²) in [5.74, 6) is -0.244. The maximum Gasteiger partial charge on any atom is 0.137 e. The Labute approximate surface area is 127 Å². The molecule has 0 aliphatic heterocycles. The highest BCUT2D eigenvalue weighted by molar-refractivity contribution is 9.10. The van der Waals surface area contributed by atoms with Crippen molar-refractivity contribution < 1.29 is 4.39 Å². The number of nitrogens with zero attached hydrogens (tertiary/aromatic N) is 2. The van der Waals surface area contributed by atoms with Crippen LogP contribution >= 0.6 is 15.9 Å². The fourth-order valence-corrected chi connectivity index (χ4v) is 2.73. The van der Waals surface area contributed by atoms with Crippen molar-refractivity contribution >= 4 is 15.9 Å². The molecule has 1 aromatic heterocycles. The van der Waals surface area contributed by atoms with Crippen LogP contribution in [-0.2, 0) is 6.54 Å². The van der Waals surface area contributed by atoms with Crippen LogP contribution in [0.1, 0.15) is 37.4 Å². The molecule has 0 saturated carbocycles. The molecule has 1 unspecified atom stereocenters. The molecule has 108 valence electrons. The lowest BCUT2D eigenvalue weighted by Crippen LogP contribution is -2.22. The van der Waals surface area contributed by atoms with E-state index in [1.807, 2.05) is 30.1 Å². The van der Waals surface area contributed by atoms with Gasteiger partial charge in [-0.3, -0.25) is 4.68 Å². The molecule has 20 heavy (non-hydrogen) atoms. The zero-order chi connectivity index (χ0) is 14.5. The topological polar surface area (TPSA) is 29.9 Å². The minimum absolute atomic E-state index is 0.0596. The van der Waals surface area contributed by atoms with Crippen LogP contribution in [-0.4, -0.2) is 16.3 Å². The molecule has 1 heterocycles. The van der Waals surface area contributed by atoms with Gasteiger partial charge in [0.25, 0.3) is 0 Å². The summed E-state index contributed by atoms with van der Waals surface area (Å²) in [7, 11) is 0. The van der Waals surface area contributed by atoms with Crippen LogP contribution in [0.4, 0.5) is 4.39 Å². The van der Waals surface area contributed by atoms with Crippen molar-refractivity contribution in [1.82, 2.24) is 15.1 Å². The summed E-state index contributed by atoms with van der Waals surface area (Å²) in [5.41, 5.74) is 1.94. The first kappa shape index (κ1) is 15.2. The Hall–Kier alpha value is -1.20. The van der Waals surface area contributed by atoms with E-state index in [0.717, 1.165) is 30.6 Å². The second-order valence-corrected chi connectivity index (χ2v) is 5.46. The Morgan fingerprint density at radius 1 is 1.40 bits per heavy atom. The van der Waals surface area contributed by atoms with Crippen LogP contribution in [0.15, 0.2) is 35.1 Å². The van der Waals surface area contributed by atoms with Crippen LogP contribution in [0.3, 0.4) is 0 Å². The van der Waals surface area contributed by atoms with E-state index in [9.17, 15) is 4.39 Å². The van der Waals surface area contributed by atoms with E-state index in [1.54, 1.807) is 6.07 Å². The van der Waals surface area contributed by atoms with Gasteiger partial charge in [0.1, 0.15) is 5.82 Å². The Balaban J connectivity index is 2.36. The lowest BCUT2D eigenvalue weighted by molar-refractivity contribution is 0.589. The highest BCUT2D eigenvalue weighted by atomic mass is 79.9. The van der Waals surface area contributed by atoms with Crippen molar-refractivity contribution in [1.29, 1.82) is 0 Å². The Morgan fingerprint density at radius 3 is 2.90 bits per heavy atom. The molecule has 1 aromatic carbocycles. The summed E-state index contributed by atoms with van der Waals surface area (Å²) in [6.45, 7) is 5.85. The number of nitrogens with one attached hydrogen (secondary N) is 1. The molecule has 2 rings (SSSR count). The van der Waals surface area contributed by atoms with Gasteiger partial charge in [-0.25, -0.2) is 4.39 Å². The third kappa shape index (κ3) is 3.27. The van der Waals surface area contributed by atoms with Crippen LogP contribution in [0.2, 0.25) is 0 Å². The van der Waals surface area contributed by atoms with Gasteiger partial charge in [0.15, 0.2) is 0 Å². The molecule has 1 N–H and O–H groups in total. The zero-order valence-electron chi connectivity index (χ0n) is 11.7. The molecular formula is C15H19BrFN3. The van der Waals surface area contributed by atoms with Gasteiger partial charge in [-0.05, 0) is 40.5 Å². The summed E-state index contributed by atoms with van der Waals surface area (Å²) >= 11 is 3.34. The lowest BCUT2D eigenvalue weighted by atomic mass is 10.0. The van der Waals surface area contributed by atoms with Crippen LogP contribution in [0.5, 0.6) is 0 Å². The van der Waals surface area contributed by atoms with Gasteiger partial charge in [0, 0.05) is 18.3 Å². The molecule has 2 aromatic rings. The number of halogens is 2. The highest BCUT2D eigenvalue weighted by Crippen LogP contribution is 2.30. The van der Waals surface area contributed by atoms with Crippen LogP contribution in [0.25, 0.3) is 0 Å². The van der Waals surface area contributed by atoms with Crippen molar-refractivity contribution in [2.24, 2.45) is 0 Å². The number of hydrogen-bond acceptors (Lipinski definition) is 2. The van der Waals surface area contributed by atoms with Gasteiger partial charge in [-0.1, -0.05) is 26.0 Å². The quantitative estimate of drug-likeness (QED) is 0.865. The van der Waals surface area contributed by atoms with Crippen LogP contribution < -0.4 is 5.32 Å². The molecule has 0 radical (unpaired) electrons. The third-order valence-corrected chi connectivity index (χ3v) is 3.98. The second-order valence-electron chi connectivity index (χ2n) is 4.67. The van der Waals surface area contributed by atoms with Crippen molar-refractivity contribution in [3.05, 3.63) is 52.0 Å². The second kappa shape index (κ2) is 6.99. The van der Waals surface area contributed by atoms with Crippen molar-refractivity contribution in [3.8, 4) is 0 Å². The third-order valence-electron chi connectivity index (χ3n) is 3.14. The molecule has 0 saturated heterocycles. The Morgan fingerprint density at radius 2 is 2.20 bits per heavy atom. The van der Waals surface area contributed by atoms with Crippen LogP contribution in [0, 0.1) is 5.82 Å². The lowest BCUT2D eigenvalue weighted by Gasteiger charge is -2.18. The number of aryl methyl sites for hydroxylation is 1. The normalized spacial score (nSPS) is 12.6. The van der Waals surface area contributed by atoms with Gasteiger partial charge in [-0.15, -0.1) is 0 Å². The Kier molecular flexibility index (Phi) is 5.31. The fourth-order valence-electron chi connectivity index (χ4n) is 2.23. The average molecular weight is 340 g/mol. The van der Waals surface area contributed by atoms with E-state index < -0.39 is 0 Å². The van der Waals surface area contributed by atoms with Crippen molar-refractivity contribution in [2.45, 2.75) is 32.9 Å². The first-order chi connectivity index (χ1) is 9.67. The summed E-state index contributed by atoms with van der Waals surface area (Å²) in [5, 5.41) is 7.74. The summed E-state index contributed by atoms with van der Waals surface area (Å²) in [6, 6.07) is 5.06. The Bertz CT molecular complexity index is 568. The largest absolute Gasteiger partial charge is 0.306 e. The molecule has 0 aliphatic rings. The first-order valence-corrected chi connectivity index (χ1v) is 7.66. The van der Waals surface area contributed by atoms with E-state index in [0.29, 0.717) is 4.47 Å². The standard InChI is InChI=1S/C15H19BrFN3/c1-3-8-20-10-11(9-19-20)15(18-4-2)12-6-5-7-13(17)14(12)16/h5-7,9-10,15,18H,3-4,8H2,1-2H3. The average Bonchev–Trinajstić information content (AvgIpc) is 2.88. The molecule has 0 spiro atoms. The molecular weight excluding hydrogens is 321 g/mol. The maximum atomic E-state index is 13.7. The summed E-state index contributed by atoms with van der Waals surface area (Å²) in [4.78, 5) is 0. The monoisotopic (exact) mass is 339 g/mol. The van der Waals surface area contributed by atoms with E-state index in [1.165, 1.54) is 6.07 Å². The van der Waals surface area contributed by atoms with Crippen molar-refractivity contribution in [3.63, 3.8) is 0 Å². The minimum Gasteiger partial charge on any atom is -0.306 e. The maximum absolute atomic E-state index is 13.7. The summed E-state index contributed by atoms with van der Waals surface area (Å²) in [6.07, 6.45) is 4.91. The van der Waals surface area contributed by atoms with Gasteiger partial charge in [0.05, 0.1) is 16.7 Å². The first-order valence-electron chi connectivity index (χ1n) is 6.87. The number of benzene rings is 1. The van der Waals surface area contributed by atoms with Gasteiger partial charge >= 0.3 is 0 Å². The predicted molar refractivity (Wildman–Crippen MR) is 82.1 cm³/mol. The number of hydrogen-bond donors (Lipinski definition) is 1. The molecule has 0 fully saturated rings. The summed E-state index contributed by atoms with van der Waals surface area (Å²) < 4.78 is 16.2. The smallest absolute Gasteiger partial charge is 0.137 e. The van der Waals surface area contributed by atoms with Gasteiger partial charge < -0.3 is 5.32 Å². The molecule has 5 heteroatoms. The molecule has 0 bridgehead atoms.